The van der Waals surface area contributed by atoms with Gasteiger partial charge in [0, 0.05) is 16.8 Å². The number of hydrogen-bond donors (Lipinski definition) is 1. The van der Waals surface area contributed by atoms with Gasteiger partial charge in [-0.2, -0.15) is 0 Å². The number of aromatic nitrogens is 1. The van der Waals surface area contributed by atoms with Crippen molar-refractivity contribution in [1.29, 1.82) is 0 Å². The van der Waals surface area contributed by atoms with Crippen molar-refractivity contribution < 1.29 is 14.7 Å². The molecule has 7 heteroatoms. The maximum absolute atomic E-state index is 11.4. The van der Waals surface area contributed by atoms with E-state index in [0.717, 1.165) is 16.2 Å². The number of carboxylic acids is 1. The minimum absolute atomic E-state index is 0.158. The van der Waals surface area contributed by atoms with Crippen molar-refractivity contribution in [2.24, 2.45) is 0 Å². The second-order valence-electron chi connectivity index (χ2n) is 3.89. The zero-order chi connectivity index (χ0) is 14.7. The number of halogens is 1. The van der Waals surface area contributed by atoms with Gasteiger partial charge in [0.1, 0.15) is 9.88 Å². The molecular formula is C13H10ClNO3S2. The molecule has 20 heavy (non-hydrogen) atoms. The van der Waals surface area contributed by atoms with Crippen molar-refractivity contribution >= 4 is 46.5 Å². The van der Waals surface area contributed by atoms with Crippen molar-refractivity contribution in [3.63, 3.8) is 0 Å². The van der Waals surface area contributed by atoms with Gasteiger partial charge >= 0.3 is 5.97 Å². The van der Waals surface area contributed by atoms with Crippen LogP contribution in [0.2, 0.25) is 5.02 Å². The zero-order valence-corrected chi connectivity index (χ0v) is 12.8. The molecule has 2 rings (SSSR count). The number of Topliss-reactive ketones (excluding diaryl/α,β-unsaturated/α-hetero) is 1. The van der Waals surface area contributed by atoms with Crippen LogP contribution in [0.4, 0.5) is 0 Å². The number of carboxylic acid groups (broad SMARTS) is 1. The number of hydrogen-bond acceptors (Lipinski definition) is 5. The van der Waals surface area contributed by atoms with Crippen molar-refractivity contribution in [2.45, 2.75) is 17.6 Å². The lowest BCUT2D eigenvalue weighted by Crippen LogP contribution is -2.03. The number of benzene rings is 1. The summed E-state index contributed by atoms with van der Waals surface area (Å²) in [6.07, 6.45) is 0. The maximum atomic E-state index is 11.4. The minimum atomic E-state index is -1.17. The van der Waals surface area contributed by atoms with Gasteiger partial charge in [-0.1, -0.05) is 11.6 Å². The molecule has 0 aliphatic heterocycles. The lowest BCUT2D eigenvalue weighted by molar-refractivity contribution is 0.0687. The molecule has 0 aliphatic rings. The third kappa shape index (κ3) is 3.59. The van der Waals surface area contributed by atoms with E-state index in [1.165, 1.54) is 18.7 Å². The fraction of sp³-hybridized carbons (Fsp3) is 0.154. The van der Waals surface area contributed by atoms with E-state index in [9.17, 15) is 9.59 Å². The Morgan fingerprint density at radius 2 is 2.00 bits per heavy atom. The standard InChI is InChI=1S/C13H10ClNO3S2/c1-7(16)12-11(13(17)18)15-10(20-12)6-19-9-4-2-8(14)3-5-9/h2-5H,6H2,1H3,(H,17,18). The molecule has 104 valence electrons. The van der Waals surface area contributed by atoms with Crippen LogP contribution in [0.15, 0.2) is 29.2 Å². The molecule has 4 nitrogen and oxygen atoms in total. The smallest absolute Gasteiger partial charge is 0.356 e. The monoisotopic (exact) mass is 327 g/mol. The van der Waals surface area contributed by atoms with Gasteiger partial charge in [0.15, 0.2) is 11.5 Å². The Kier molecular flexibility index (Phi) is 4.80. The highest BCUT2D eigenvalue weighted by molar-refractivity contribution is 7.98. The second kappa shape index (κ2) is 6.39. The maximum Gasteiger partial charge on any atom is 0.356 e. The van der Waals surface area contributed by atoms with Crippen LogP contribution in [0.3, 0.4) is 0 Å². The van der Waals surface area contributed by atoms with Crippen molar-refractivity contribution in [2.75, 3.05) is 0 Å². The van der Waals surface area contributed by atoms with E-state index in [1.807, 2.05) is 12.1 Å². The average Bonchev–Trinajstić information content (AvgIpc) is 2.83. The van der Waals surface area contributed by atoms with E-state index in [2.05, 4.69) is 4.98 Å². The molecule has 2 aromatic rings. The topological polar surface area (TPSA) is 67.3 Å². The molecule has 0 saturated carbocycles. The minimum Gasteiger partial charge on any atom is -0.476 e. The fourth-order valence-corrected chi connectivity index (χ4v) is 3.45. The summed E-state index contributed by atoms with van der Waals surface area (Å²) in [6, 6.07) is 7.33. The summed E-state index contributed by atoms with van der Waals surface area (Å²) in [5, 5.41) is 10.3. The molecule has 0 radical (unpaired) electrons. The van der Waals surface area contributed by atoms with Crippen LogP contribution in [0, 0.1) is 0 Å². The number of ketones is 1. The van der Waals surface area contributed by atoms with E-state index in [-0.39, 0.29) is 16.4 Å². The normalized spacial score (nSPS) is 10.5. The Labute approximate surface area is 128 Å². The first kappa shape index (κ1) is 15.0. The predicted molar refractivity (Wildman–Crippen MR) is 80.1 cm³/mol. The summed E-state index contributed by atoms with van der Waals surface area (Å²) in [5.74, 6) is -0.934. The molecule has 1 N–H and O–H groups in total. The zero-order valence-electron chi connectivity index (χ0n) is 10.4. The van der Waals surface area contributed by atoms with Crippen LogP contribution in [0.5, 0.6) is 0 Å². The summed E-state index contributed by atoms with van der Waals surface area (Å²) in [4.78, 5) is 27.6. The molecule has 0 bridgehead atoms. The van der Waals surface area contributed by atoms with Gasteiger partial charge in [-0.3, -0.25) is 4.79 Å². The van der Waals surface area contributed by atoms with E-state index < -0.39 is 5.97 Å². The number of rotatable bonds is 5. The summed E-state index contributed by atoms with van der Waals surface area (Å²) in [5.41, 5.74) is -0.158. The highest BCUT2D eigenvalue weighted by Gasteiger charge is 2.20. The number of thioether (sulfide) groups is 1. The Balaban J connectivity index is 2.14. The van der Waals surface area contributed by atoms with Gasteiger partial charge < -0.3 is 5.11 Å². The Hall–Kier alpha value is -1.37. The first-order valence-electron chi connectivity index (χ1n) is 5.59. The fourth-order valence-electron chi connectivity index (χ4n) is 1.49. The molecule has 0 spiro atoms. The van der Waals surface area contributed by atoms with E-state index in [0.29, 0.717) is 15.8 Å². The van der Waals surface area contributed by atoms with E-state index in [1.54, 1.807) is 12.1 Å². The van der Waals surface area contributed by atoms with Gasteiger partial charge in [0.05, 0.1) is 5.75 Å². The van der Waals surface area contributed by atoms with Crippen LogP contribution in [-0.2, 0) is 5.75 Å². The quantitative estimate of drug-likeness (QED) is 0.664. The van der Waals surface area contributed by atoms with Crippen LogP contribution in [0.1, 0.15) is 32.1 Å². The molecule has 1 heterocycles. The molecule has 1 aromatic carbocycles. The molecular weight excluding hydrogens is 318 g/mol. The van der Waals surface area contributed by atoms with Crippen molar-refractivity contribution in [3.05, 3.63) is 44.9 Å². The van der Waals surface area contributed by atoms with Gasteiger partial charge in [-0.05, 0) is 24.3 Å². The Morgan fingerprint density at radius 1 is 1.35 bits per heavy atom. The molecule has 0 aliphatic carbocycles. The first-order valence-corrected chi connectivity index (χ1v) is 7.77. The number of carbonyl (C=O) groups excluding carboxylic acids is 1. The first-order chi connectivity index (χ1) is 9.47. The third-order valence-electron chi connectivity index (χ3n) is 2.37. The Morgan fingerprint density at radius 3 is 2.50 bits per heavy atom. The SMILES string of the molecule is CC(=O)c1sc(CSc2ccc(Cl)cc2)nc1C(=O)O. The van der Waals surface area contributed by atoms with Gasteiger partial charge in [-0.15, -0.1) is 23.1 Å². The van der Waals surface area contributed by atoms with E-state index in [4.69, 9.17) is 16.7 Å². The van der Waals surface area contributed by atoms with Crippen LogP contribution < -0.4 is 0 Å². The second-order valence-corrected chi connectivity index (χ2v) is 6.46. The molecule has 0 atom stereocenters. The third-order valence-corrected chi connectivity index (χ3v) is 4.98. The summed E-state index contributed by atoms with van der Waals surface area (Å²) in [6.45, 7) is 1.34. The molecule has 0 fully saturated rings. The number of carbonyl (C=O) groups is 2. The predicted octanol–water partition coefficient (Wildman–Crippen LogP) is 3.99. The van der Waals surface area contributed by atoms with Gasteiger partial charge in [0.25, 0.3) is 0 Å². The number of aromatic carboxylic acids is 1. The summed E-state index contributed by atoms with van der Waals surface area (Å²) in [7, 11) is 0. The summed E-state index contributed by atoms with van der Waals surface area (Å²) >= 11 is 8.44. The van der Waals surface area contributed by atoms with Gasteiger partial charge in [0.2, 0.25) is 0 Å². The molecule has 0 saturated heterocycles. The lowest BCUT2D eigenvalue weighted by atomic mass is 10.3. The average molecular weight is 328 g/mol. The number of thiazole rings is 1. The van der Waals surface area contributed by atoms with Crippen LogP contribution in [-0.4, -0.2) is 21.8 Å². The molecule has 0 unspecified atom stereocenters. The van der Waals surface area contributed by atoms with Crippen molar-refractivity contribution in [3.8, 4) is 0 Å². The highest BCUT2D eigenvalue weighted by Crippen LogP contribution is 2.28. The van der Waals surface area contributed by atoms with E-state index >= 15 is 0 Å². The van der Waals surface area contributed by atoms with Gasteiger partial charge in [-0.25, -0.2) is 9.78 Å². The largest absolute Gasteiger partial charge is 0.476 e. The van der Waals surface area contributed by atoms with Crippen LogP contribution in [0.25, 0.3) is 0 Å². The Bertz CT molecular complexity index is 621. The molecule has 1 aromatic heterocycles. The summed E-state index contributed by atoms with van der Waals surface area (Å²) < 4.78 is 0. The van der Waals surface area contributed by atoms with Crippen molar-refractivity contribution in [1.82, 2.24) is 4.98 Å². The van der Waals surface area contributed by atoms with Crippen LogP contribution >= 0.6 is 34.7 Å². The molecule has 0 amide bonds. The lowest BCUT2D eigenvalue weighted by Gasteiger charge is -1.98. The highest BCUT2D eigenvalue weighted by atomic mass is 35.5. The number of nitrogens with zero attached hydrogens (tertiary/aromatic N) is 1.